The van der Waals surface area contributed by atoms with Crippen molar-refractivity contribution in [2.75, 3.05) is 38.2 Å². The molecular formula is C24H28ClN3O6S. The van der Waals surface area contributed by atoms with E-state index in [1.54, 1.807) is 46.2 Å². The van der Waals surface area contributed by atoms with Gasteiger partial charge in [-0.25, -0.2) is 4.79 Å². The lowest BCUT2D eigenvalue weighted by Crippen LogP contribution is -2.53. The second-order valence-electron chi connectivity index (χ2n) is 7.99. The zero-order valence-corrected chi connectivity index (χ0v) is 21.1. The fourth-order valence-electron chi connectivity index (χ4n) is 3.58. The van der Waals surface area contributed by atoms with Gasteiger partial charge in [-0.15, -0.1) is 0 Å². The summed E-state index contributed by atoms with van der Waals surface area (Å²) in [5.74, 6) is -0.807. The predicted octanol–water partition coefficient (Wildman–Crippen LogP) is 2.70. The van der Waals surface area contributed by atoms with Crippen molar-refractivity contribution in [3.8, 4) is 0 Å². The number of hydrogen-bond acceptors (Lipinski definition) is 7. The molecule has 2 heterocycles. The van der Waals surface area contributed by atoms with Gasteiger partial charge in [0.15, 0.2) is 11.9 Å². The molecule has 35 heavy (non-hydrogen) atoms. The highest BCUT2D eigenvalue weighted by atomic mass is 35.5. The highest BCUT2D eigenvalue weighted by Crippen LogP contribution is 2.13. The topological polar surface area (TPSA) is 109 Å². The molecule has 0 spiro atoms. The number of furan rings is 1. The summed E-state index contributed by atoms with van der Waals surface area (Å²) in [6.45, 7) is 2.83. The van der Waals surface area contributed by atoms with Crippen molar-refractivity contribution < 1.29 is 28.3 Å². The van der Waals surface area contributed by atoms with Crippen LogP contribution in [-0.2, 0) is 14.3 Å². The minimum absolute atomic E-state index is 0.227. The Morgan fingerprint density at radius 3 is 2.34 bits per heavy atom. The first-order chi connectivity index (χ1) is 16.8. The van der Waals surface area contributed by atoms with E-state index in [4.69, 9.17) is 20.8 Å². The largest absolute Gasteiger partial charge is 0.459 e. The van der Waals surface area contributed by atoms with Crippen LogP contribution in [0.3, 0.4) is 0 Å². The number of thioether (sulfide) groups is 1. The number of carbonyl (C=O) groups excluding carboxylic acids is 4. The number of benzene rings is 1. The van der Waals surface area contributed by atoms with Gasteiger partial charge >= 0.3 is 5.97 Å². The third kappa shape index (κ3) is 7.25. The third-order valence-corrected chi connectivity index (χ3v) is 6.45. The molecule has 0 saturated carbocycles. The summed E-state index contributed by atoms with van der Waals surface area (Å²) in [6, 6.07) is 8.66. The van der Waals surface area contributed by atoms with E-state index in [0.29, 0.717) is 48.9 Å². The van der Waals surface area contributed by atoms with Crippen LogP contribution < -0.4 is 5.32 Å². The average Bonchev–Trinajstić information content (AvgIpc) is 3.41. The van der Waals surface area contributed by atoms with Crippen molar-refractivity contribution in [3.63, 3.8) is 0 Å². The van der Waals surface area contributed by atoms with Crippen LogP contribution in [0.1, 0.15) is 34.3 Å². The number of hydrogen-bond donors (Lipinski definition) is 1. The molecular weight excluding hydrogens is 494 g/mol. The van der Waals surface area contributed by atoms with Crippen LogP contribution in [0.5, 0.6) is 0 Å². The first-order valence-corrected chi connectivity index (χ1v) is 12.9. The number of esters is 1. The van der Waals surface area contributed by atoms with Crippen molar-refractivity contribution in [2.24, 2.45) is 0 Å². The molecule has 9 nitrogen and oxygen atoms in total. The molecule has 3 amide bonds. The predicted molar refractivity (Wildman–Crippen MR) is 132 cm³/mol. The van der Waals surface area contributed by atoms with E-state index in [-0.39, 0.29) is 17.6 Å². The highest BCUT2D eigenvalue weighted by Gasteiger charge is 2.31. The first-order valence-electron chi connectivity index (χ1n) is 11.2. The van der Waals surface area contributed by atoms with Gasteiger partial charge < -0.3 is 24.3 Å². The van der Waals surface area contributed by atoms with E-state index in [0.717, 1.165) is 0 Å². The molecule has 0 radical (unpaired) electrons. The van der Waals surface area contributed by atoms with E-state index >= 15 is 0 Å². The van der Waals surface area contributed by atoms with Crippen LogP contribution >= 0.6 is 23.4 Å². The van der Waals surface area contributed by atoms with Crippen molar-refractivity contribution in [2.45, 2.75) is 25.5 Å². The summed E-state index contributed by atoms with van der Waals surface area (Å²) in [4.78, 5) is 53.9. The fraction of sp³-hybridized carbons (Fsp3) is 0.417. The van der Waals surface area contributed by atoms with E-state index < -0.39 is 24.0 Å². The maximum absolute atomic E-state index is 12.9. The highest BCUT2D eigenvalue weighted by molar-refractivity contribution is 7.98. The van der Waals surface area contributed by atoms with Gasteiger partial charge in [-0.05, 0) is 61.8 Å². The lowest BCUT2D eigenvalue weighted by atomic mass is 10.1. The Hall–Kier alpha value is -2.98. The molecule has 1 aromatic heterocycles. The number of rotatable bonds is 9. The Balaban J connectivity index is 1.54. The van der Waals surface area contributed by atoms with Crippen molar-refractivity contribution in [1.29, 1.82) is 0 Å². The van der Waals surface area contributed by atoms with Crippen LogP contribution in [0, 0.1) is 0 Å². The van der Waals surface area contributed by atoms with Crippen molar-refractivity contribution >= 4 is 47.1 Å². The minimum Gasteiger partial charge on any atom is -0.459 e. The third-order valence-electron chi connectivity index (χ3n) is 5.56. The van der Waals surface area contributed by atoms with Crippen LogP contribution in [0.2, 0.25) is 5.02 Å². The van der Waals surface area contributed by atoms with Crippen molar-refractivity contribution in [1.82, 2.24) is 15.1 Å². The first kappa shape index (κ1) is 26.6. The number of ether oxygens (including phenoxy) is 1. The Kier molecular flexibility index (Phi) is 9.62. The van der Waals surface area contributed by atoms with Gasteiger partial charge in [-0.1, -0.05) is 11.6 Å². The molecule has 0 bridgehead atoms. The lowest BCUT2D eigenvalue weighted by Gasteiger charge is -2.35. The monoisotopic (exact) mass is 521 g/mol. The number of halogens is 1. The Bertz CT molecular complexity index is 1020. The maximum Gasteiger partial charge on any atom is 0.329 e. The molecule has 11 heteroatoms. The van der Waals surface area contributed by atoms with Crippen LogP contribution in [0.4, 0.5) is 0 Å². The molecule has 3 rings (SSSR count). The summed E-state index contributed by atoms with van der Waals surface area (Å²) in [5.41, 5.74) is 0.363. The molecule has 1 fully saturated rings. The molecule has 1 saturated heterocycles. The molecule has 1 aliphatic heterocycles. The van der Waals surface area contributed by atoms with Gasteiger partial charge in [0.2, 0.25) is 0 Å². The summed E-state index contributed by atoms with van der Waals surface area (Å²) in [7, 11) is 0. The van der Waals surface area contributed by atoms with Gasteiger partial charge in [-0.2, -0.15) is 11.8 Å². The number of carbonyl (C=O) groups is 4. The molecule has 2 atom stereocenters. The smallest absolute Gasteiger partial charge is 0.329 e. The van der Waals surface area contributed by atoms with Crippen LogP contribution in [0.15, 0.2) is 47.1 Å². The zero-order chi connectivity index (χ0) is 25.4. The number of piperazine rings is 1. The summed E-state index contributed by atoms with van der Waals surface area (Å²) >= 11 is 7.40. The van der Waals surface area contributed by atoms with Gasteiger partial charge in [0.05, 0.1) is 6.26 Å². The average molecular weight is 522 g/mol. The van der Waals surface area contributed by atoms with Crippen LogP contribution in [-0.4, -0.2) is 83.8 Å². The van der Waals surface area contributed by atoms with E-state index in [1.807, 2.05) is 6.26 Å². The summed E-state index contributed by atoms with van der Waals surface area (Å²) in [5, 5.41) is 3.19. The number of nitrogens with zero attached hydrogens (tertiary/aromatic N) is 2. The second kappa shape index (κ2) is 12.6. The minimum atomic E-state index is -1.03. The Morgan fingerprint density at radius 1 is 1.09 bits per heavy atom. The SMILES string of the molecule is CSCC[C@@H](NC(=O)c1ccc(Cl)cc1)C(=O)O[C@@H](C)C(=O)N1CCN(C(=O)c2ccco2)CC1. The number of amides is 3. The normalized spacial score (nSPS) is 15.3. The Labute approximate surface area is 213 Å². The standard InChI is InChI=1S/C24H28ClN3O6S/c1-16(22(30)27-10-12-28(13-11-27)23(31)20-4-3-14-33-20)34-24(32)19(9-15-35-2)26-21(29)17-5-7-18(25)8-6-17/h3-8,14,16,19H,9-13,15H2,1-2H3,(H,26,29)/t16-,19+/m0/s1. The molecule has 2 aromatic rings. The van der Waals surface area contributed by atoms with E-state index in [9.17, 15) is 19.2 Å². The summed E-state index contributed by atoms with van der Waals surface area (Å²) in [6.07, 6.45) is 2.66. The molecule has 0 unspecified atom stereocenters. The second-order valence-corrected chi connectivity index (χ2v) is 9.41. The van der Waals surface area contributed by atoms with E-state index in [2.05, 4.69) is 5.32 Å². The van der Waals surface area contributed by atoms with Gasteiger partial charge in [0.25, 0.3) is 17.7 Å². The molecule has 1 N–H and O–H groups in total. The fourth-order valence-corrected chi connectivity index (χ4v) is 4.17. The van der Waals surface area contributed by atoms with Gasteiger partial charge in [0, 0.05) is 36.8 Å². The number of nitrogens with one attached hydrogen (secondary N) is 1. The van der Waals surface area contributed by atoms with Gasteiger partial charge in [0.1, 0.15) is 6.04 Å². The van der Waals surface area contributed by atoms with Gasteiger partial charge in [-0.3, -0.25) is 14.4 Å². The maximum atomic E-state index is 12.9. The van der Waals surface area contributed by atoms with Crippen LogP contribution in [0.25, 0.3) is 0 Å². The molecule has 0 aliphatic carbocycles. The summed E-state index contributed by atoms with van der Waals surface area (Å²) < 4.78 is 10.6. The van der Waals surface area contributed by atoms with E-state index in [1.165, 1.54) is 24.9 Å². The lowest BCUT2D eigenvalue weighted by molar-refractivity contribution is -0.161. The van der Waals surface area contributed by atoms with Crippen molar-refractivity contribution in [3.05, 3.63) is 59.0 Å². The molecule has 1 aromatic carbocycles. The zero-order valence-electron chi connectivity index (χ0n) is 19.6. The molecule has 188 valence electrons. The molecule has 1 aliphatic rings. The quantitative estimate of drug-likeness (QED) is 0.505. The Morgan fingerprint density at radius 2 is 1.74 bits per heavy atom.